The molecule has 0 spiro atoms. The van der Waals surface area contributed by atoms with Crippen LogP contribution in [0.5, 0.6) is 0 Å². The van der Waals surface area contributed by atoms with Crippen molar-refractivity contribution in [3.63, 3.8) is 0 Å². The van der Waals surface area contributed by atoms with Gasteiger partial charge in [-0.15, -0.1) is 0 Å². The second kappa shape index (κ2) is 4.46. The molecule has 0 bridgehead atoms. The lowest BCUT2D eigenvalue weighted by Gasteiger charge is -2.34. The maximum atomic E-state index is 8.52. The average molecular weight is 185 g/mol. The molecule has 3 N–H and O–H groups in total. The molecule has 4 nitrogen and oxygen atoms in total. The third kappa shape index (κ3) is 2.59. The lowest BCUT2D eigenvalue weighted by molar-refractivity contribution is 0.174. The minimum atomic E-state index is 0.0671. The van der Waals surface area contributed by atoms with Gasteiger partial charge in [0.2, 0.25) is 0 Å². The van der Waals surface area contributed by atoms with Crippen LogP contribution >= 0.6 is 0 Å². The van der Waals surface area contributed by atoms with Gasteiger partial charge in [0.05, 0.1) is 6.04 Å². The van der Waals surface area contributed by atoms with Gasteiger partial charge in [0, 0.05) is 0 Å². The summed E-state index contributed by atoms with van der Waals surface area (Å²) in [7, 11) is 0. The first-order valence-corrected chi connectivity index (χ1v) is 4.86. The summed E-state index contributed by atoms with van der Waals surface area (Å²) in [6, 6.07) is 0.0671. The van der Waals surface area contributed by atoms with E-state index in [2.05, 4.69) is 17.0 Å². The Morgan fingerprint density at radius 1 is 1.54 bits per heavy atom. The highest BCUT2D eigenvalue weighted by molar-refractivity contribution is 5.84. The molecule has 1 atom stereocenters. The fourth-order valence-electron chi connectivity index (χ4n) is 1.69. The van der Waals surface area contributed by atoms with E-state index in [1.807, 2.05) is 6.92 Å². The molecule has 0 aromatic rings. The standard InChI is InChI=1S/C9H19N3O/c1-7-3-5-12(6-4-7)8(2)9(10)11-13/h7-8,13H,3-6H2,1-2H3,(H2,10,11). The quantitative estimate of drug-likeness (QED) is 0.290. The van der Waals surface area contributed by atoms with Crippen LogP contribution in [0.2, 0.25) is 0 Å². The molecule has 0 radical (unpaired) electrons. The number of likely N-dealkylation sites (tertiary alicyclic amines) is 1. The Hall–Kier alpha value is -0.770. The van der Waals surface area contributed by atoms with Crippen molar-refractivity contribution in [1.82, 2.24) is 4.90 Å². The number of rotatable bonds is 2. The molecule has 13 heavy (non-hydrogen) atoms. The van der Waals surface area contributed by atoms with Gasteiger partial charge >= 0.3 is 0 Å². The molecule has 1 aliphatic heterocycles. The average Bonchev–Trinajstić information content (AvgIpc) is 2.17. The molecule has 0 aromatic carbocycles. The summed E-state index contributed by atoms with van der Waals surface area (Å²) in [5, 5.41) is 11.6. The molecule has 1 unspecified atom stereocenters. The van der Waals surface area contributed by atoms with E-state index in [4.69, 9.17) is 10.9 Å². The van der Waals surface area contributed by atoms with Gasteiger partial charge in [0.25, 0.3) is 0 Å². The van der Waals surface area contributed by atoms with E-state index in [9.17, 15) is 0 Å². The van der Waals surface area contributed by atoms with Gasteiger partial charge in [0.15, 0.2) is 5.84 Å². The van der Waals surface area contributed by atoms with Gasteiger partial charge in [-0.3, -0.25) is 4.90 Å². The molecule has 0 saturated carbocycles. The Bertz CT molecular complexity index is 185. The molecule has 1 heterocycles. The Morgan fingerprint density at radius 3 is 2.54 bits per heavy atom. The Balaban J connectivity index is 2.44. The van der Waals surface area contributed by atoms with Crippen molar-refractivity contribution in [3.05, 3.63) is 0 Å². The molecule has 0 aromatic heterocycles. The molecular formula is C9H19N3O. The zero-order chi connectivity index (χ0) is 9.84. The van der Waals surface area contributed by atoms with Gasteiger partial charge < -0.3 is 10.9 Å². The summed E-state index contributed by atoms with van der Waals surface area (Å²) in [4.78, 5) is 2.26. The molecule has 1 saturated heterocycles. The Kier molecular flexibility index (Phi) is 3.54. The summed E-state index contributed by atoms with van der Waals surface area (Å²) >= 11 is 0. The first kappa shape index (κ1) is 10.3. The zero-order valence-electron chi connectivity index (χ0n) is 8.40. The van der Waals surface area contributed by atoms with Crippen LogP contribution in [0, 0.1) is 5.92 Å². The normalized spacial score (nSPS) is 24.6. The Labute approximate surface area is 79.4 Å². The number of hydrogen-bond donors (Lipinski definition) is 2. The van der Waals surface area contributed by atoms with Gasteiger partial charge in [-0.1, -0.05) is 12.1 Å². The first-order valence-electron chi connectivity index (χ1n) is 4.86. The van der Waals surface area contributed by atoms with Crippen LogP contribution in [0.25, 0.3) is 0 Å². The topological polar surface area (TPSA) is 61.8 Å². The van der Waals surface area contributed by atoms with Crippen LogP contribution < -0.4 is 5.73 Å². The van der Waals surface area contributed by atoms with E-state index >= 15 is 0 Å². The molecule has 4 heteroatoms. The summed E-state index contributed by atoms with van der Waals surface area (Å²) < 4.78 is 0. The maximum Gasteiger partial charge on any atom is 0.156 e. The second-order valence-electron chi connectivity index (χ2n) is 3.92. The lowest BCUT2D eigenvalue weighted by Crippen LogP contribution is -2.46. The SMILES string of the molecule is CC1CCN(C(C)/C(N)=N/O)CC1. The molecule has 76 valence electrons. The summed E-state index contributed by atoms with van der Waals surface area (Å²) in [5.41, 5.74) is 5.54. The molecular weight excluding hydrogens is 166 g/mol. The van der Waals surface area contributed by atoms with Crippen LogP contribution in [0.3, 0.4) is 0 Å². The minimum Gasteiger partial charge on any atom is -0.409 e. The number of hydrogen-bond acceptors (Lipinski definition) is 3. The van der Waals surface area contributed by atoms with Crippen LogP contribution in [-0.2, 0) is 0 Å². The lowest BCUT2D eigenvalue weighted by atomic mass is 9.98. The van der Waals surface area contributed by atoms with Crippen molar-refractivity contribution < 1.29 is 5.21 Å². The van der Waals surface area contributed by atoms with Crippen LogP contribution in [-0.4, -0.2) is 35.1 Å². The molecule has 1 aliphatic rings. The molecule has 0 aliphatic carbocycles. The fraction of sp³-hybridized carbons (Fsp3) is 0.889. The predicted molar refractivity (Wildman–Crippen MR) is 52.8 cm³/mol. The van der Waals surface area contributed by atoms with E-state index in [1.165, 1.54) is 12.8 Å². The number of nitrogens with two attached hydrogens (primary N) is 1. The van der Waals surface area contributed by atoms with Crippen molar-refractivity contribution in [3.8, 4) is 0 Å². The van der Waals surface area contributed by atoms with Gasteiger partial charge in [0.1, 0.15) is 0 Å². The molecule has 1 fully saturated rings. The van der Waals surface area contributed by atoms with Crippen molar-refractivity contribution in [2.45, 2.75) is 32.7 Å². The maximum absolute atomic E-state index is 8.52. The largest absolute Gasteiger partial charge is 0.409 e. The van der Waals surface area contributed by atoms with E-state index in [-0.39, 0.29) is 6.04 Å². The zero-order valence-corrected chi connectivity index (χ0v) is 8.40. The number of nitrogens with zero attached hydrogens (tertiary/aromatic N) is 2. The highest BCUT2D eigenvalue weighted by Gasteiger charge is 2.22. The minimum absolute atomic E-state index is 0.0671. The van der Waals surface area contributed by atoms with E-state index in [1.54, 1.807) is 0 Å². The smallest absolute Gasteiger partial charge is 0.156 e. The molecule has 1 rings (SSSR count). The van der Waals surface area contributed by atoms with Crippen LogP contribution in [0.4, 0.5) is 0 Å². The predicted octanol–water partition coefficient (Wildman–Crippen LogP) is 0.853. The number of oxime groups is 1. The number of piperidine rings is 1. The monoisotopic (exact) mass is 185 g/mol. The van der Waals surface area contributed by atoms with E-state index in [0.717, 1.165) is 19.0 Å². The van der Waals surface area contributed by atoms with Crippen molar-refractivity contribution in [2.75, 3.05) is 13.1 Å². The highest BCUT2D eigenvalue weighted by atomic mass is 16.4. The second-order valence-corrected chi connectivity index (χ2v) is 3.92. The van der Waals surface area contributed by atoms with Crippen LogP contribution in [0.1, 0.15) is 26.7 Å². The third-order valence-corrected chi connectivity index (χ3v) is 2.91. The summed E-state index contributed by atoms with van der Waals surface area (Å²) in [6.07, 6.45) is 2.42. The van der Waals surface area contributed by atoms with Crippen molar-refractivity contribution >= 4 is 5.84 Å². The number of amidine groups is 1. The van der Waals surface area contributed by atoms with Gasteiger partial charge in [-0.25, -0.2) is 0 Å². The summed E-state index contributed by atoms with van der Waals surface area (Å²) in [6.45, 7) is 6.35. The molecule has 0 amide bonds. The summed E-state index contributed by atoms with van der Waals surface area (Å²) in [5.74, 6) is 1.13. The third-order valence-electron chi connectivity index (χ3n) is 2.91. The Morgan fingerprint density at radius 2 is 2.08 bits per heavy atom. The van der Waals surface area contributed by atoms with Gasteiger partial charge in [-0.05, 0) is 38.8 Å². The van der Waals surface area contributed by atoms with E-state index < -0.39 is 0 Å². The first-order chi connectivity index (χ1) is 6.15. The van der Waals surface area contributed by atoms with E-state index in [0.29, 0.717) is 5.84 Å². The van der Waals surface area contributed by atoms with Crippen LogP contribution in [0.15, 0.2) is 5.16 Å². The van der Waals surface area contributed by atoms with Crippen molar-refractivity contribution in [1.29, 1.82) is 0 Å². The fourth-order valence-corrected chi connectivity index (χ4v) is 1.69. The highest BCUT2D eigenvalue weighted by Crippen LogP contribution is 2.17. The van der Waals surface area contributed by atoms with Gasteiger partial charge in [-0.2, -0.15) is 0 Å². The van der Waals surface area contributed by atoms with Crippen molar-refractivity contribution in [2.24, 2.45) is 16.8 Å².